The second-order valence-corrected chi connectivity index (χ2v) is 6.01. The predicted octanol–water partition coefficient (Wildman–Crippen LogP) is 2.05. The molecule has 23 heavy (non-hydrogen) atoms. The molecular weight excluding hydrogens is 292 g/mol. The molecule has 1 aromatic carbocycles. The van der Waals surface area contributed by atoms with E-state index in [0.29, 0.717) is 32.4 Å². The van der Waals surface area contributed by atoms with Crippen LogP contribution < -0.4 is 15.4 Å². The number of hydrogen-bond donors (Lipinski definition) is 2. The summed E-state index contributed by atoms with van der Waals surface area (Å²) in [6.07, 6.45) is 3.94. The van der Waals surface area contributed by atoms with Crippen LogP contribution in [0.25, 0.3) is 0 Å². The van der Waals surface area contributed by atoms with Crippen LogP contribution in [0, 0.1) is 5.41 Å². The van der Waals surface area contributed by atoms with Gasteiger partial charge in [0.1, 0.15) is 11.2 Å². The highest BCUT2D eigenvalue weighted by Gasteiger charge is 2.56. The maximum atomic E-state index is 12.3. The van der Waals surface area contributed by atoms with Crippen LogP contribution in [0.4, 0.5) is 0 Å². The zero-order valence-corrected chi connectivity index (χ0v) is 14.0. The molecule has 0 radical (unpaired) electrons. The van der Waals surface area contributed by atoms with Crippen molar-refractivity contribution in [2.24, 2.45) is 5.41 Å². The van der Waals surface area contributed by atoms with Crippen LogP contribution in [0.1, 0.15) is 38.2 Å². The molecule has 0 spiro atoms. The first-order valence-electron chi connectivity index (χ1n) is 8.32. The van der Waals surface area contributed by atoms with Gasteiger partial charge in [-0.15, -0.1) is 0 Å². The van der Waals surface area contributed by atoms with Gasteiger partial charge in [-0.25, -0.2) is 0 Å². The lowest BCUT2D eigenvalue weighted by molar-refractivity contribution is -0.137. The summed E-state index contributed by atoms with van der Waals surface area (Å²) < 4.78 is 5.30. The third-order valence-electron chi connectivity index (χ3n) is 4.31. The fourth-order valence-electron chi connectivity index (χ4n) is 2.62. The Morgan fingerprint density at radius 2 is 1.78 bits per heavy atom. The standard InChI is InChI=1S/C18H26N2O3/c1-3-4-12-19-16(21)18(10-11-18)17(22)20-13-9-14-7-5-6-8-15(14)23-2/h5-8H,3-4,9-13H2,1-2H3,(H,19,21)(H,20,22). The van der Waals surface area contributed by atoms with Gasteiger partial charge in [0.05, 0.1) is 7.11 Å². The van der Waals surface area contributed by atoms with Crippen molar-refractivity contribution in [3.63, 3.8) is 0 Å². The Bertz CT molecular complexity index is 553. The summed E-state index contributed by atoms with van der Waals surface area (Å²) in [4.78, 5) is 24.5. The van der Waals surface area contributed by atoms with Crippen molar-refractivity contribution < 1.29 is 14.3 Å². The Morgan fingerprint density at radius 3 is 2.39 bits per heavy atom. The first-order chi connectivity index (χ1) is 11.1. The van der Waals surface area contributed by atoms with Gasteiger partial charge in [0.15, 0.2) is 0 Å². The molecule has 0 saturated heterocycles. The van der Waals surface area contributed by atoms with E-state index in [2.05, 4.69) is 17.6 Å². The number of hydrogen-bond acceptors (Lipinski definition) is 3. The van der Waals surface area contributed by atoms with Gasteiger partial charge in [0, 0.05) is 13.1 Å². The Morgan fingerprint density at radius 1 is 1.13 bits per heavy atom. The van der Waals surface area contributed by atoms with E-state index in [1.165, 1.54) is 0 Å². The van der Waals surface area contributed by atoms with Crippen LogP contribution in [0.5, 0.6) is 5.75 Å². The van der Waals surface area contributed by atoms with Gasteiger partial charge in [-0.05, 0) is 37.3 Å². The molecule has 1 aromatic rings. The van der Waals surface area contributed by atoms with E-state index in [4.69, 9.17) is 4.74 Å². The molecule has 2 rings (SSSR count). The summed E-state index contributed by atoms with van der Waals surface area (Å²) in [7, 11) is 1.64. The highest BCUT2D eigenvalue weighted by Crippen LogP contribution is 2.46. The minimum Gasteiger partial charge on any atom is -0.496 e. The number of carbonyl (C=O) groups is 2. The molecule has 5 heteroatoms. The van der Waals surface area contributed by atoms with Gasteiger partial charge in [0.2, 0.25) is 11.8 Å². The molecule has 0 aliphatic heterocycles. The van der Waals surface area contributed by atoms with Gasteiger partial charge in [-0.2, -0.15) is 0 Å². The maximum Gasteiger partial charge on any atom is 0.235 e. The van der Waals surface area contributed by atoms with Gasteiger partial charge in [-0.3, -0.25) is 9.59 Å². The number of para-hydroxylation sites is 1. The van der Waals surface area contributed by atoms with E-state index >= 15 is 0 Å². The van der Waals surface area contributed by atoms with Crippen molar-refractivity contribution in [2.45, 2.75) is 39.0 Å². The van der Waals surface area contributed by atoms with Crippen LogP contribution >= 0.6 is 0 Å². The van der Waals surface area contributed by atoms with Gasteiger partial charge < -0.3 is 15.4 Å². The maximum absolute atomic E-state index is 12.3. The summed E-state index contributed by atoms with van der Waals surface area (Å²) in [6, 6.07) is 7.75. The first-order valence-corrected chi connectivity index (χ1v) is 8.32. The van der Waals surface area contributed by atoms with Crippen molar-refractivity contribution in [3.8, 4) is 5.75 Å². The van der Waals surface area contributed by atoms with Crippen molar-refractivity contribution in [2.75, 3.05) is 20.2 Å². The van der Waals surface area contributed by atoms with Gasteiger partial charge >= 0.3 is 0 Å². The Balaban J connectivity index is 1.81. The zero-order chi connectivity index (χ0) is 16.7. The van der Waals surface area contributed by atoms with Crippen LogP contribution in [-0.2, 0) is 16.0 Å². The number of rotatable bonds is 9. The first kappa shape index (κ1) is 17.3. The van der Waals surface area contributed by atoms with Crippen LogP contribution in [0.3, 0.4) is 0 Å². The van der Waals surface area contributed by atoms with Crippen LogP contribution in [0.2, 0.25) is 0 Å². The lowest BCUT2D eigenvalue weighted by Gasteiger charge is -2.15. The number of benzene rings is 1. The normalized spacial score (nSPS) is 14.9. The monoisotopic (exact) mass is 318 g/mol. The van der Waals surface area contributed by atoms with Crippen molar-refractivity contribution in [3.05, 3.63) is 29.8 Å². The zero-order valence-electron chi connectivity index (χ0n) is 14.0. The van der Waals surface area contributed by atoms with E-state index in [0.717, 1.165) is 24.2 Å². The second-order valence-electron chi connectivity index (χ2n) is 6.01. The fourth-order valence-corrected chi connectivity index (χ4v) is 2.62. The number of ether oxygens (including phenoxy) is 1. The summed E-state index contributed by atoms with van der Waals surface area (Å²) in [6.45, 7) is 3.22. The molecular formula is C18H26N2O3. The van der Waals surface area contributed by atoms with E-state index in [1.807, 2.05) is 24.3 Å². The molecule has 0 unspecified atom stereocenters. The molecule has 0 bridgehead atoms. The highest BCUT2D eigenvalue weighted by atomic mass is 16.5. The van der Waals surface area contributed by atoms with Gasteiger partial charge in [0.25, 0.3) is 0 Å². The molecule has 1 aliphatic rings. The predicted molar refractivity (Wildman–Crippen MR) is 89.3 cm³/mol. The summed E-state index contributed by atoms with van der Waals surface area (Å²) in [5.74, 6) is 0.544. The Hall–Kier alpha value is -2.04. The largest absolute Gasteiger partial charge is 0.496 e. The minimum absolute atomic E-state index is 0.124. The lowest BCUT2D eigenvalue weighted by atomic mass is 10.0. The molecule has 0 atom stereocenters. The van der Waals surface area contributed by atoms with Crippen LogP contribution in [-0.4, -0.2) is 32.0 Å². The number of carbonyl (C=O) groups excluding carboxylic acids is 2. The third-order valence-corrected chi connectivity index (χ3v) is 4.31. The van der Waals surface area contributed by atoms with Crippen molar-refractivity contribution in [1.29, 1.82) is 0 Å². The fraction of sp³-hybridized carbons (Fsp3) is 0.556. The summed E-state index contributed by atoms with van der Waals surface area (Å²) in [5, 5.41) is 5.78. The van der Waals surface area contributed by atoms with E-state index < -0.39 is 5.41 Å². The minimum atomic E-state index is -0.825. The quantitative estimate of drug-likeness (QED) is 0.541. The smallest absolute Gasteiger partial charge is 0.235 e. The van der Waals surface area contributed by atoms with E-state index in [9.17, 15) is 9.59 Å². The summed E-state index contributed by atoms with van der Waals surface area (Å²) >= 11 is 0. The van der Waals surface area contributed by atoms with E-state index in [-0.39, 0.29) is 11.8 Å². The molecule has 2 N–H and O–H groups in total. The number of nitrogens with one attached hydrogen (secondary N) is 2. The average Bonchev–Trinajstić information content (AvgIpc) is 3.37. The SMILES string of the molecule is CCCCNC(=O)C1(C(=O)NCCc2ccccc2OC)CC1. The molecule has 0 aromatic heterocycles. The lowest BCUT2D eigenvalue weighted by Crippen LogP contribution is -2.43. The van der Waals surface area contributed by atoms with Crippen molar-refractivity contribution >= 4 is 11.8 Å². The van der Waals surface area contributed by atoms with Gasteiger partial charge in [-0.1, -0.05) is 31.5 Å². The molecule has 126 valence electrons. The molecule has 1 saturated carbocycles. The molecule has 1 aliphatic carbocycles. The molecule has 5 nitrogen and oxygen atoms in total. The second kappa shape index (κ2) is 7.99. The van der Waals surface area contributed by atoms with E-state index in [1.54, 1.807) is 7.11 Å². The topological polar surface area (TPSA) is 67.4 Å². The summed E-state index contributed by atoms with van der Waals surface area (Å²) in [5.41, 5.74) is 0.224. The number of methoxy groups -OCH3 is 1. The number of amides is 2. The molecule has 2 amide bonds. The number of unbranched alkanes of at least 4 members (excludes halogenated alkanes) is 1. The Labute approximate surface area is 137 Å². The average molecular weight is 318 g/mol. The highest BCUT2D eigenvalue weighted by molar-refractivity contribution is 6.07. The third kappa shape index (κ3) is 4.24. The molecule has 0 heterocycles. The molecule has 1 fully saturated rings. The Kier molecular flexibility index (Phi) is 6.02. The van der Waals surface area contributed by atoms with Crippen LogP contribution in [0.15, 0.2) is 24.3 Å². The van der Waals surface area contributed by atoms with Crippen molar-refractivity contribution in [1.82, 2.24) is 10.6 Å².